The molecule has 0 aromatic heterocycles. The molecule has 0 radical (unpaired) electrons. The molecule has 4 heteroatoms. The zero-order chi connectivity index (χ0) is 11.7. The number of fused-ring (bicyclic) bond motifs is 1. The number of hydrogen-bond acceptors (Lipinski definition) is 2. The molecule has 0 saturated heterocycles. The van der Waals surface area contributed by atoms with E-state index in [4.69, 9.17) is 16.3 Å². The van der Waals surface area contributed by atoms with Gasteiger partial charge in [-0.15, -0.1) is 0 Å². The van der Waals surface area contributed by atoms with Crippen LogP contribution < -0.4 is 0 Å². The van der Waals surface area contributed by atoms with Crippen LogP contribution in [0.2, 0.25) is 5.02 Å². The molecule has 1 aromatic rings. The van der Waals surface area contributed by atoms with Crippen molar-refractivity contribution in [3.63, 3.8) is 0 Å². The van der Waals surface area contributed by atoms with E-state index in [0.29, 0.717) is 17.0 Å². The summed E-state index contributed by atoms with van der Waals surface area (Å²) in [5.74, 6) is -1.09. The van der Waals surface area contributed by atoms with Crippen molar-refractivity contribution in [2.75, 3.05) is 7.11 Å². The first kappa shape index (κ1) is 11.4. The first-order valence-electron chi connectivity index (χ1n) is 5.19. The minimum Gasteiger partial charge on any atom is -0.469 e. The number of methoxy groups -OCH3 is 1. The maximum absolute atomic E-state index is 13.3. The van der Waals surface area contributed by atoms with E-state index in [1.54, 1.807) is 0 Å². The van der Waals surface area contributed by atoms with Crippen molar-refractivity contribution >= 4 is 17.6 Å². The van der Waals surface area contributed by atoms with Crippen molar-refractivity contribution < 1.29 is 13.9 Å². The van der Waals surface area contributed by atoms with Crippen molar-refractivity contribution in [1.29, 1.82) is 0 Å². The van der Waals surface area contributed by atoms with Gasteiger partial charge in [-0.25, -0.2) is 4.39 Å². The van der Waals surface area contributed by atoms with Gasteiger partial charge in [-0.1, -0.05) is 11.6 Å². The molecular formula is C12H12ClFO2. The third kappa shape index (κ3) is 1.92. The van der Waals surface area contributed by atoms with Crippen molar-refractivity contribution in [3.8, 4) is 0 Å². The van der Waals surface area contributed by atoms with Crippen molar-refractivity contribution in [1.82, 2.24) is 0 Å². The lowest BCUT2D eigenvalue weighted by molar-refractivity contribution is -0.142. The molecule has 0 bridgehead atoms. The van der Waals surface area contributed by atoms with Crippen LogP contribution >= 0.6 is 11.6 Å². The van der Waals surface area contributed by atoms with Crippen LogP contribution in [0, 0.1) is 5.82 Å². The monoisotopic (exact) mass is 242 g/mol. The van der Waals surface area contributed by atoms with E-state index in [1.807, 2.05) is 0 Å². The molecule has 0 amide bonds. The number of esters is 1. The Labute approximate surface area is 98.4 Å². The van der Waals surface area contributed by atoms with E-state index in [2.05, 4.69) is 0 Å². The molecule has 0 heterocycles. The zero-order valence-corrected chi connectivity index (χ0v) is 9.68. The average Bonchev–Trinajstić information content (AvgIpc) is 2.27. The Hall–Kier alpha value is -1.09. The number of benzene rings is 1. The van der Waals surface area contributed by atoms with E-state index < -0.39 is 5.82 Å². The van der Waals surface area contributed by atoms with Crippen LogP contribution in [-0.4, -0.2) is 13.1 Å². The summed E-state index contributed by atoms with van der Waals surface area (Å²) in [5.41, 5.74) is 1.56. The minimum atomic E-state index is -0.403. The second-order valence-corrected chi connectivity index (χ2v) is 4.33. The van der Waals surface area contributed by atoms with Gasteiger partial charge in [0.25, 0.3) is 0 Å². The summed E-state index contributed by atoms with van der Waals surface area (Å²) in [7, 11) is 1.34. The molecule has 0 N–H and O–H groups in total. The Morgan fingerprint density at radius 2 is 2.31 bits per heavy atom. The lowest BCUT2D eigenvalue weighted by Crippen LogP contribution is -2.20. The van der Waals surface area contributed by atoms with Gasteiger partial charge in [0.1, 0.15) is 5.82 Å². The van der Waals surface area contributed by atoms with Gasteiger partial charge >= 0.3 is 5.97 Å². The van der Waals surface area contributed by atoms with Gasteiger partial charge in [0.2, 0.25) is 0 Å². The smallest absolute Gasteiger partial charge is 0.313 e. The highest BCUT2D eigenvalue weighted by Crippen LogP contribution is 2.36. The van der Waals surface area contributed by atoms with Crippen molar-refractivity contribution in [3.05, 3.63) is 34.1 Å². The first-order chi connectivity index (χ1) is 7.63. The molecule has 1 aliphatic carbocycles. The highest BCUT2D eigenvalue weighted by Gasteiger charge is 2.29. The van der Waals surface area contributed by atoms with E-state index in [-0.39, 0.29) is 11.9 Å². The van der Waals surface area contributed by atoms with Gasteiger partial charge in [-0.05, 0) is 42.5 Å². The predicted octanol–water partition coefficient (Wildman–Crippen LogP) is 3.07. The van der Waals surface area contributed by atoms with Crippen LogP contribution in [0.15, 0.2) is 12.1 Å². The standard InChI is InChI=1S/C12H12ClFO2/c1-16-12(15)9-4-2-3-8-10(9)5-7(14)6-11(8)13/h5-6,9H,2-4H2,1H3. The summed E-state index contributed by atoms with van der Waals surface area (Å²) >= 11 is 5.97. The summed E-state index contributed by atoms with van der Waals surface area (Å²) in [4.78, 5) is 11.6. The average molecular weight is 243 g/mol. The number of carbonyl (C=O) groups excluding carboxylic acids is 1. The van der Waals surface area contributed by atoms with Gasteiger partial charge < -0.3 is 4.74 Å². The highest BCUT2D eigenvalue weighted by molar-refractivity contribution is 6.31. The fraction of sp³-hybridized carbons (Fsp3) is 0.417. The molecule has 2 nitrogen and oxygen atoms in total. The number of halogens is 2. The molecule has 1 aromatic carbocycles. The predicted molar refractivity (Wildman–Crippen MR) is 59.1 cm³/mol. The number of ether oxygens (including phenoxy) is 1. The molecule has 86 valence electrons. The second kappa shape index (κ2) is 4.42. The van der Waals surface area contributed by atoms with E-state index in [0.717, 1.165) is 18.4 Å². The van der Waals surface area contributed by atoms with E-state index >= 15 is 0 Å². The molecule has 0 aliphatic heterocycles. The Kier molecular flexibility index (Phi) is 3.15. The lowest BCUT2D eigenvalue weighted by Gasteiger charge is -2.24. The van der Waals surface area contributed by atoms with Gasteiger partial charge in [-0.2, -0.15) is 0 Å². The number of rotatable bonds is 1. The fourth-order valence-electron chi connectivity index (χ4n) is 2.22. The van der Waals surface area contributed by atoms with Crippen LogP contribution in [0.25, 0.3) is 0 Å². The Morgan fingerprint density at radius 3 is 3.00 bits per heavy atom. The summed E-state index contributed by atoms with van der Waals surface area (Å²) in [6.45, 7) is 0. The summed E-state index contributed by atoms with van der Waals surface area (Å²) in [6, 6.07) is 2.68. The fourth-order valence-corrected chi connectivity index (χ4v) is 2.53. The zero-order valence-electron chi connectivity index (χ0n) is 8.93. The van der Waals surface area contributed by atoms with Crippen LogP contribution in [-0.2, 0) is 16.0 Å². The Morgan fingerprint density at radius 1 is 1.56 bits per heavy atom. The van der Waals surface area contributed by atoms with Gasteiger partial charge in [0.15, 0.2) is 0 Å². The molecule has 1 unspecified atom stereocenters. The third-order valence-corrected chi connectivity index (χ3v) is 3.31. The molecule has 0 saturated carbocycles. The lowest BCUT2D eigenvalue weighted by atomic mass is 9.83. The van der Waals surface area contributed by atoms with Crippen LogP contribution in [0.5, 0.6) is 0 Å². The van der Waals surface area contributed by atoms with Gasteiger partial charge in [-0.3, -0.25) is 4.79 Å². The normalized spacial score (nSPS) is 19.1. The molecular weight excluding hydrogens is 231 g/mol. The van der Waals surface area contributed by atoms with Gasteiger partial charge in [0, 0.05) is 5.02 Å². The summed E-state index contributed by atoms with van der Waals surface area (Å²) in [5, 5.41) is 0.406. The number of carbonyl (C=O) groups is 1. The first-order valence-corrected chi connectivity index (χ1v) is 5.57. The Balaban J connectivity index is 2.49. The molecule has 16 heavy (non-hydrogen) atoms. The van der Waals surface area contributed by atoms with Crippen molar-refractivity contribution in [2.24, 2.45) is 0 Å². The maximum atomic E-state index is 13.3. The van der Waals surface area contributed by atoms with E-state index in [1.165, 1.54) is 19.2 Å². The molecule has 0 spiro atoms. The summed E-state index contributed by atoms with van der Waals surface area (Å²) < 4.78 is 18.0. The van der Waals surface area contributed by atoms with Crippen LogP contribution in [0.1, 0.15) is 29.9 Å². The largest absolute Gasteiger partial charge is 0.469 e. The Bertz CT molecular complexity index is 431. The topological polar surface area (TPSA) is 26.3 Å². The third-order valence-electron chi connectivity index (χ3n) is 2.98. The number of hydrogen-bond donors (Lipinski definition) is 0. The SMILES string of the molecule is COC(=O)C1CCCc2c(Cl)cc(F)cc21. The summed E-state index contributed by atoms with van der Waals surface area (Å²) in [6.07, 6.45) is 2.36. The molecule has 1 atom stereocenters. The second-order valence-electron chi connectivity index (χ2n) is 3.92. The van der Waals surface area contributed by atoms with Crippen LogP contribution in [0.3, 0.4) is 0 Å². The molecule has 2 rings (SSSR count). The quantitative estimate of drug-likeness (QED) is 0.708. The molecule has 0 fully saturated rings. The maximum Gasteiger partial charge on any atom is 0.313 e. The van der Waals surface area contributed by atoms with E-state index in [9.17, 15) is 9.18 Å². The highest BCUT2D eigenvalue weighted by atomic mass is 35.5. The molecule has 1 aliphatic rings. The van der Waals surface area contributed by atoms with Crippen LogP contribution in [0.4, 0.5) is 4.39 Å². The van der Waals surface area contributed by atoms with Gasteiger partial charge in [0.05, 0.1) is 13.0 Å². The minimum absolute atomic E-state index is 0.317. The van der Waals surface area contributed by atoms with Crippen molar-refractivity contribution in [2.45, 2.75) is 25.2 Å².